The molecule has 3 heterocycles. The Balaban J connectivity index is 1.51. The summed E-state index contributed by atoms with van der Waals surface area (Å²) in [6, 6.07) is 6.83. The minimum Gasteiger partial charge on any atom is -0.388 e. The smallest absolute Gasteiger partial charge is 0.281 e. The molecule has 27 heavy (non-hydrogen) atoms. The fourth-order valence-electron chi connectivity index (χ4n) is 2.57. The number of aromatic nitrogens is 6. The second-order valence-corrected chi connectivity index (χ2v) is 6.61. The topological polar surface area (TPSA) is 111 Å². The molecule has 138 valence electrons. The molecule has 0 aliphatic heterocycles. The largest absolute Gasteiger partial charge is 0.388 e. The first-order chi connectivity index (χ1) is 13.0. The number of halogens is 2. The molecule has 9 nitrogen and oxygen atoms in total. The minimum absolute atomic E-state index is 0.0460. The van der Waals surface area contributed by atoms with Crippen molar-refractivity contribution in [3.63, 3.8) is 0 Å². The number of fused-ring (bicyclic) bond motifs is 1. The first-order valence-electron chi connectivity index (χ1n) is 7.85. The number of nitrogens with zero attached hydrogens (tertiary/aromatic N) is 6. The summed E-state index contributed by atoms with van der Waals surface area (Å²) in [5, 5.41) is 22.8. The fraction of sp³-hybridized carbons (Fsp3) is 0.188. The second kappa shape index (κ2) is 7.10. The van der Waals surface area contributed by atoms with Crippen LogP contribution in [-0.2, 0) is 13.0 Å². The highest BCUT2D eigenvalue weighted by Crippen LogP contribution is 2.19. The van der Waals surface area contributed by atoms with Gasteiger partial charge in [0.05, 0.1) is 30.3 Å². The van der Waals surface area contributed by atoms with Crippen LogP contribution in [0.15, 0.2) is 46.1 Å². The van der Waals surface area contributed by atoms with Crippen molar-refractivity contribution in [2.24, 2.45) is 0 Å². The van der Waals surface area contributed by atoms with E-state index in [4.69, 9.17) is 27.7 Å². The Hall–Kier alpha value is -2.75. The lowest BCUT2D eigenvalue weighted by Crippen LogP contribution is -2.24. The van der Waals surface area contributed by atoms with E-state index in [1.807, 2.05) is 0 Å². The Morgan fingerprint density at radius 1 is 1.19 bits per heavy atom. The van der Waals surface area contributed by atoms with Crippen LogP contribution in [0.1, 0.15) is 23.4 Å². The summed E-state index contributed by atoms with van der Waals surface area (Å²) in [5.74, 6) is 0.522. The summed E-state index contributed by atoms with van der Waals surface area (Å²) in [5.41, 5.74) is 0.474. The predicted octanol–water partition coefficient (Wildman–Crippen LogP) is 1.91. The van der Waals surface area contributed by atoms with E-state index in [-0.39, 0.29) is 40.8 Å². The van der Waals surface area contributed by atoms with Gasteiger partial charge in [0, 0.05) is 5.02 Å². The van der Waals surface area contributed by atoms with E-state index in [1.54, 1.807) is 24.3 Å². The van der Waals surface area contributed by atoms with Gasteiger partial charge in [0.1, 0.15) is 6.33 Å². The van der Waals surface area contributed by atoms with Crippen molar-refractivity contribution in [2.75, 3.05) is 0 Å². The number of hydrogen-bond acceptors (Lipinski definition) is 7. The van der Waals surface area contributed by atoms with Crippen LogP contribution in [0.2, 0.25) is 10.0 Å². The zero-order valence-electron chi connectivity index (χ0n) is 13.7. The van der Waals surface area contributed by atoms with Crippen LogP contribution in [0, 0.1) is 0 Å². The lowest BCUT2D eigenvalue weighted by molar-refractivity contribution is 0.164. The maximum Gasteiger partial charge on any atom is 0.281 e. The van der Waals surface area contributed by atoms with Gasteiger partial charge in [0.25, 0.3) is 5.56 Å². The minimum atomic E-state index is -0.818. The molecule has 0 aliphatic carbocycles. The fourth-order valence-corrected chi connectivity index (χ4v) is 2.89. The third-order valence-electron chi connectivity index (χ3n) is 3.92. The van der Waals surface area contributed by atoms with Gasteiger partial charge in [0.15, 0.2) is 11.3 Å². The quantitative estimate of drug-likeness (QED) is 0.538. The van der Waals surface area contributed by atoms with Gasteiger partial charge in [-0.15, -0.1) is 9.73 Å². The van der Waals surface area contributed by atoms with Gasteiger partial charge in [-0.25, -0.2) is 0 Å². The van der Waals surface area contributed by atoms with E-state index in [0.717, 1.165) is 4.63 Å². The maximum absolute atomic E-state index is 12.5. The number of hydrogen-bond donors (Lipinski definition) is 1. The lowest BCUT2D eigenvalue weighted by atomic mass is 10.1. The molecule has 4 rings (SSSR count). The standard InChI is InChI=1S/C16H12Cl2N6O3/c17-10-3-1-9(2-4-10)12(25)5-14-21-13(22-27-14)7-23-8-20-24-15(16(23)26)11(18)6-19-24/h1-4,6,8,12,25H,5,7H2/t12-/m0/s1. The molecule has 0 unspecified atom stereocenters. The molecule has 3 aromatic heterocycles. The summed E-state index contributed by atoms with van der Waals surface area (Å²) < 4.78 is 7.62. The summed E-state index contributed by atoms with van der Waals surface area (Å²) in [4.78, 5) is 16.7. The number of benzene rings is 1. The average molecular weight is 407 g/mol. The molecule has 0 spiro atoms. The maximum atomic E-state index is 12.5. The van der Waals surface area contributed by atoms with Crippen molar-refractivity contribution in [1.82, 2.24) is 29.5 Å². The molecule has 1 atom stereocenters. The van der Waals surface area contributed by atoms with Crippen molar-refractivity contribution in [2.45, 2.75) is 19.1 Å². The molecule has 1 aromatic carbocycles. The highest BCUT2D eigenvalue weighted by molar-refractivity contribution is 6.33. The van der Waals surface area contributed by atoms with Crippen LogP contribution < -0.4 is 5.56 Å². The van der Waals surface area contributed by atoms with E-state index in [2.05, 4.69) is 20.3 Å². The van der Waals surface area contributed by atoms with Gasteiger partial charge in [0.2, 0.25) is 5.89 Å². The highest BCUT2D eigenvalue weighted by atomic mass is 35.5. The van der Waals surface area contributed by atoms with E-state index >= 15 is 0 Å². The average Bonchev–Trinajstić information content (AvgIpc) is 3.25. The second-order valence-electron chi connectivity index (χ2n) is 5.77. The number of aliphatic hydroxyl groups excluding tert-OH is 1. The van der Waals surface area contributed by atoms with Gasteiger partial charge in [-0.05, 0) is 17.7 Å². The molecular weight excluding hydrogens is 395 g/mol. The first kappa shape index (κ1) is 17.7. The Bertz CT molecular complexity index is 1150. The molecule has 4 aromatic rings. The van der Waals surface area contributed by atoms with Crippen LogP contribution in [0.25, 0.3) is 5.52 Å². The molecular formula is C16H12Cl2N6O3. The molecule has 0 saturated heterocycles. The van der Waals surface area contributed by atoms with Crippen molar-refractivity contribution >= 4 is 28.7 Å². The molecule has 0 saturated carbocycles. The van der Waals surface area contributed by atoms with Gasteiger partial charge in [-0.1, -0.05) is 40.5 Å². The highest BCUT2D eigenvalue weighted by Gasteiger charge is 2.16. The molecule has 0 aliphatic rings. The van der Waals surface area contributed by atoms with Crippen molar-refractivity contribution in [3.8, 4) is 0 Å². The van der Waals surface area contributed by atoms with Gasteiger partial charge < -0.3 is 9.63 Å². The van der Waals surface area contributed by atoms with Crippen LogP contribution >= 0.6 is 23.2 Å². The summed E-state index contributed by atoms with van der Waals surface area (Å²) in [7, 11) is 0. The Kier molecular flexibility index (Phi) is 4.65. The summed E-state index contributed by atoms with van der Waals surface area (Å²) >= 11 is 11.8. The van der Waals surface area contributed by atoms with Crippen molar-refractivity contribution < 1.29 is 9.63 Å². The SMILES string of the molecule is O=c1c2c(Cl)cnn2ncn1Cc1noc(C[C@H](O)c2ccc(Cl)cc2)n1. The third kappa shape index (κ3) is 3.57. The van der Waals surface area contributed by atoms with Gasteiger partial charge in [-0.2, -0.15) is 10.1 Å². The van der Waals surface area contributed by atoms with E-state index in [9.17, 15) is 9.90 Å². The Morgan fingerprint density at radius 2 is 1.96 bits per heavy atom. The summed E-state index contributed by atoms with van der Waals surface area (Å²) in [6.45, 7) is 0.0460. The van der Waals surface area contributed by atoms with Gasteiger partial charge in [-0.3, -0.25) is 9.36 Å². The number of rotatable bonds is 5. The van der Waals surface area contributed by atoms with Crippen molar-refractivity contribution in [1.29, 1.82) is 0 Å². The van der Waals surface area contributed by atoms with Crippen LogP contribution in [0.4, 0.5) is 0 Å². The van der Waals surface area contributed by atoms with Crippen LogP contribution in [-0.4, -0.2) is 34.6 Å². The predicted molar refractivity (Wildman–Crippen MR) is 95.8 cm³/mol. The summed E-state index contributed by atoms with van der Waals surface area (Å²) in [6.07, 6.45) is 1.98. The zero-order chi connectivity index (χ0) is 19.0. The molecule has 1 N–H and O–H groups in total. The van der Waals surface area contributed by atoms with E-state index in [0.29, 0.717) is 10.6 Å². The normalized spacial score (nSPS) is 12.6. The zero-order valence-corrected chi connectivity index (χ0v) is 15.2. The molecule has 0 bridgehead atoms. The molecule has 11 heteroatoms. The Labute approximate surface area is 161 Å². The Morgan fingerprint density at radius 3 is 2.74 bits per heavy atom. The number of aliphatic hydroxyl groups is 1. The molecule has 0 fully saturated rings. The first-order valence-corrected chi connectivity index (χ1v) is 8.61. The van der Waals surface area contributed by atoms with E-state index in [1.165, 1.54) is 17.1 Å². The molecule has 0 radical (unpaired) electrons. The monoisotopic (exact) mass is 406 g/mol. The van der Waals surface area contributed by atoms with Gasteiger partial charge >= 0.3 is 0 Å². The molecule has 0 amide bonds. The third-order valence-corrected chi connectivity index (χ3v) is 4.44. The van der Waals surface area contributed by atoms with Crippen molar-refractivity contribution in [3.05, 3.63) is 74.5 Å². The van der Waals surface area contributed by atoms with Crippen LogP contribution in [0.3, 0.4) is 0 Å². The van der Waals surface area contributed by atoms with Crippen LogP contribution in [0.5, 0.6) is 0 Å². The van der Waals surface area contributed by atoms with E-state index < -0.39 is 6.10 Å². The lowest BCUT2D eigenvalue weighted by Gasteiger charge is -2.07.